The van der Waals surface area contributed by atoms with E-state index < -0.39 is 0 Å². The lowest BCUT2D eigenvalue weighted by atomic mass is 10.0. The second kappa shape index (κ2) is 11.8. The van der Waals surface area contributed by atoms with Gasteiger partial charge < -0.3 is 19.5 Å². The van der Waals surface area contributed by atoms with Crippen molar-refractivity contribution in [3.63, 3.8) is 0 Å². The van der Waals surface area contributed by atoms with Crippen LogP contribution in [0.1, 0.15) is 50.1 Å². The highest BCUT2D eigenvalue weighted by Crippen LogP contribution is 2.24. The summed E-state index contributed by atoms with van der Waals surface area (Å²) in [6, 6.07) is -0.216. The fraction of sp³-hybridized carbons (Fsp3) is 0.667. The number of rotatable bonds is 10. The van der Waals surface area contributed by atoms with Crippen LogP contribution < -0.4 is 5.32 Å². The van der Waals surface area contributed by atoms with Crippen molar-refractivity contribution in [2.75, 3.05) is 32.6 Å². The maximum atomic E-state index is 12.8. The first-order valence-corrected chi connectivity index (χ1v) is 12.8. The highest BCUT2D eigenvalue weighted by atomic mass is 32.2. The van der Waals surface area contributed by atoms with E-state index in [1.165, 1.54) is 11.8 Å². The molecule has 3 heterocycles. The number of hydrogen-bond donors (Lipinski definition) is 1. The third-order valence-corrected chi connectivity index (χ3v) is 7.34. The van der Waals surface area contributed by atoms with E-state index in [0.29, 0.717) is 50.8 Å². The molecule has 9 nitrogen and oxygen atoms in total. The predicted molar refractivity (Wildman–Crippen MR) is 125 cm³/mol. The van der Waals surface area contributed by atoms with Crippen LogP contribution in [0.15, 0.2) is 9.72 Å². The maximum absolute atomic E-state index is 12.8. The number of aromatic nitrogens is 4. The summed E-state index contributed by atoms with van der Waals surface area (Å²) in [5.74, 6) is 2.43. The molecule has 1 unspecified atom stereocenters. The van der Waals surface area contributed by atoms with Gasteiger partial charge in [-0.3, -0.25) is 9.59 Å². The van der Waals surface area contributed by atoms with E-state index in [2.05, 4.69) is 38.9 Å². The first-order valence-electron chi connectivity index (χ1n) is 10.9. The van der Waals surface area contributed by atoms with Crippen molar-refractivity contribution in [2.45, 2.75) is 57.0 Å². The van der Waals surface area contributed by atoms with Gasteiger partial charge in [-0.25, -0.2) is 4.98 Å². The van der Waals surface area contributed by atoms with Crippen LogP contribution in [-0.4, -0.2) is 69.0 Å². The third kappa shape index (κ3) is 6.76. The predicted octanol–water partition coefficient (Wildman–Crippen LogP) is 2.46. The molecule has 0 saturated carbocycles. The number of nitrogens with one attached hydrogen (secondary N) is 1. The molecule has 2 aromatic rings. The largest absolute Gasteiger partial charge is 0.384 e. The quantitative estimate of drug-likeness (QED) is 0.521. The second-order valence-electron chi connectivity index (χ2n) is 8.29. The Balaban J connectivity index is 1.64. The lowest BCUT2D eigenvalue weighted by Crippen LogP contribution is -2.35. The summed E-state index contributed by atoms with van der Waals surface area (Å²) in [5.41, 5.74) is 0.982. The molecule has 176 valence electrons. The molecule has 1 aliphatic heterocycles. The number of ether oxygens (including phenoxy) is 1. The highest BCUT2D eigenvalue weighted by Gasteiger charge is 2.27. The van der Waals surface area contributed by atoms with E-state index in [0.717, 1.165) is 28.1 Å². The number of thioether (sulfide) groups is 1. The summed E-state index contributed by atoms with van der Waals surface area (Å²) in [7, 11) is 1.58. The van der Waals surface area contributed by atoms with E-state index in [1.54, 1.807) is 18.4 Å². The Labute approximate surface area is 197 Å². The minimum atomic E-state index is -0.216. The molecule has 32 heavy (non-hydrogen) atoms. The normalized spacial score (nSPS) is 14.8. The summed E-state index contributed by atoms with van der Waals surface area (Å²) >= 11 is 3.06. The molecule has 0 saturated heterocycles. The molecule has 2 aromatic heterocycles. The minimum Gasteiger partial charge on any atom is -0.384 e. The molecule has 3 rings (SSSR count). The lowest BCUT2D eigenvalue weighted by molar-refractivity contribution is -0.128. The number of amides is 2. The zero-order chi connectivity index (χ0) is 23.1. The molecule has 0 aliphatic carbocycles. The molecule has 1 N–H and O–H groups in total. The van der Waals surface area contributed by atoms with E-state index in [1.807, 2.05) is 17.2 Å². The van der Waals surface area contributed by atoms with Gasteiger partial charge in [-0.15, -0.1) is 21.5 Å². The van der Waals surface area contributed by atoms with Crippen LogP contribution in [0, 0.1) is 12.8 Å². The highest BCUT2D eigenvalue weighted by molar-refractivity contribution is 8.01. The Bertz CT molecular complexity index is 913. The Kier molecular flexibility index (Phi) is 9.06. The van der Waals surface area contributed by atoms with Crippen molar-refractivity contribution in [2.24, 2.45) is 5.92 Å². The molecule has 0 bridgehead atoms. The molecule has 11 heteroatoms. The Morgan fingerprint density at radius 3 is 2.78 bits per heavy atom. The summed E-state index contributed by atoms with van der Waals surface area (Å²) in [5, 5.41) is 13.9. The summed E-state index contributed by atoms with van der Waals surface area (Å²) in [6.07, 6.45) is 1.72. The zero-order valence-electron chi connectivity index (χ0n) is 19.2. The molecule has 0 radical (unpaired) electrons. The van der Waals surface area contributed by atoms with Crippen molar-refractivity contribution in [3.8, 4) is 0 Å². The van der Waals surface area contributed by atoms with Crippen LogP contribution in [0.25, 0.3) is 0 Å². The fourth-order valence-electron chi connectivity index (χ4n) is 3.63. The van der Waals surface area contributed by atoms with Crippen LogP contribution in [0.3, 0.4) is 0 Å². The van der Waals surface area contributed by atoms with Crippen LogP contribution in [0.4, 0.5) is 0 Å². The van der Waals surface area contributed by atoms with E-state index in [-0.39, 0.29) is 17.9 Å². The Morgan fingerprint density at radius 2 is 2.09 bits per heavy atom. The molecule has 0 fully saturated rings. The fourth-order valence-corrected chi connectivity index (χ4v) is 5.38. The van der Waals surface area contributed by atoms with Crippen LogP contribution >= 0.6 is 23.1 Å². The van der Waals surface area contributed by atoms with Gasteiger partial charge in [0.05, 0.1) is 18.4 Å². The van der Waals surface area contributed by atoms with Gasteiger partial charge in [-0.1, -0.05) is 25.6 Å². The van der Waals surface area contributed by atoms with Gasteiger partial charge in [0, 0.05) is 50.7 Å². The number of aryl methyl sites for hydroxylation is 1. The monoisotopic (exact) mass is 480 g/mol. The first-order chi connectivity index (χ1) is 15.4. The summed E-state index contributed by atoms with van der Waals surface area (Å²) < 4.78 is 8.02. The van der Waals surface area contributed by atoms with E-state index in [9.17, 15) is 9.59 Å². The van der Waals surface area contributed by atoms with Crippen LogP contribution in [0.2, 0.25) is 0 Å². The average Bonchev–Trinajstić information content (AvgIpc) is 3.29. The first kappa shape index (κ1) is 24.7. The Morgan fingerprint density at radius 1 is 1.28 bits per heavy atom. The zero-order valence-corrected chi connectivity index (χ0v) is 20.8. The SMILES string of the molecule is COCCC(=O)NC(CC(C)C)c1nnc2n1CCN(C(=O)CSc1nc(C)cs1)CC2. The molecule has 1 atom stereocenters. The van der Waals surface area contributed by atoms with Crippen molar-refractivity contribution >= 4 is 34.9 Å². The van der Waals surface area contributed by atoms with Crippen molar-refractivity contribution in [3.05, 3.63) is 22.7 Å². The average molecular weight is 481 g/mol. The third-order valence-electron chi connectivity index (χ3n) is 5.21. The molecular formula is C21H32N6O3S2. The van der Waals surface area contributed by atoms with Crippen molar-refractivity contribution < 1.29 is 14.3 Å². The van der Waals surface area contributed by atoms with Crippen LogP contribution in [0.5, 0.6) is 0 Å². The maximum Gasteiger partial charge on any atom is 0.233 e. The number of methoxy groups -OCH3 is 1. The summed E-state index contributed by atoms with van der Waals surface area (Å²) in [4.78, 5) is 31.4. The van der Waals surface area contributed by atoms with Gasteiger partial charge in [-0.2, -0.15) is 0 Å². The van der Waals surface area contributed by atoms with E-state index >= 15 is 0 Å². The van der Waals surface area contributed by atoms with Gasteiger partial charge >= 0.3 is 0 Å². The number of carbonyl (C=O) groups excluding carboxylic acids is 2. The topological polar surface area (TPSA) is 102 Å². The molecule has 0 aromatic carbocycles. The van der Waals surface area contributed by atoms with Gasteiger partial charge in [0.1, 0.15) is 5.82 Å². The van der Waals surface area contributed by atoms with Gasteiger partial charge in [-0.05, 0) is 19.3 Å². The minimum absolute atomic E-state index is 0.0604. The molecular weight excluding hydrogens is 448 g/mol. The van der Waals surface area contributed by atoms with Gasteiger partial charge in [0.25, 0.3) is 0 Å². The van der Waals surface area contributed by atoms with Gasteiger partial charge in [0.15, 0.2) is 10.2 Å². The van der Waals surface area contributed by atoms with E-state index in [4.69, 9.17) is 4.74 Å². The number of carbonyl (C=O) groups is 2. The molecule has 2 amide bonds. The summed E-state index contributed by atoms with van der Waals surface area (Å²) in [6.45, 7) is 8.41. The molecule has 1 aliphatic rings. The van der Waals surface area contributed by atoms with Crippen molar-refractivity contribution in [1.82, 2.24) is 30.0 Å². The number of fused-ring (bicyclic) bond motifs is 1. The number of hydrogen-bond acceptors (Lipinski definition) is 8. The van der Waals surface area contributed by atoms with Crippen molar-refractivity contribution in [1.29, 1.82) is 0 Å². The van der Waals surface area contributed by atoms with Gasteiger partial charge in [0.2, 0.25) is 11.8 Å². The number of thiazole rings is 1. The van der Waals surface area contributed by atoms with Crippen LogP contribution in [-0.2, 0) is 27.3 Å². The Hall–Kier alpha value is -1.98. The smallest absolute Gasteiger partial charge is 0.233 e. The lowest BCUT2D eigenvalue weighted by Gasteiger charge is -2.22. The second-order valence-corrected chi connectivity index (χ2v) is 10.4. The number of nitrogens with zero attached hydrogens (tertiary/aromatic N) is 5. The standard InChI is InChI=1S/C21H32N6O3S2/c1-14(2)11-16(23-18(28)6-10-30-4)20-25-24-17-5-7-26(8-9-27(17)20)19(29)13-32-21-22-15(3)12-31-21/h12,14,16H,5-11,13H2,1-4H3,(H,23,28). The molecule has 0 spiro atoms.